The summed E-state index contributed by atoms with van der Waals surface area (Å²) in [5, 5.41) is 0. The predicted molar refractivity (Wildman–Crippen MR) is 122 cm³/mol. The number of ether oxygens (including phenoxy) is 1. The highest BCUT2D eigenvalue weighted by molar-refractivity contribution is 6.08. The molecule has 1 amide bonds. The van der Waals surface area contributed by atoms with E-state index in [1.54, 1.807) is 36.4 Å². The molecule has 1 heterocycles. The Balaban J connectivity index is 1.27. The van der Waals surface area contributed by atoms with Gasteiger partial charge in [-0.25, -0.2) is 0 Å². The van der Waals surface area contributed by atoms with Crippen molar-refractivity contribution in [2.24, 2.45) is 0 Å². The number of rotatable bonds is 6. The van der Waals surface area contributed by atoms with Gasteiger partial charge in [-0.3, -0.25) is 9.59 Å². The van der Waals surface area contributed by atoms with Gasteiger partial charge < -0.3 is 14.5 Å². The lowest BCUT2D eigenvalue weighted by molar-refractivity contribution is -0.133. The number of nitrogens with zero attached hydrogens (tertiary/aromatic N) is 2. The van der Waals surface area contributed by atoms with E-state index in [0.717, 1.165) is 13.1 Å². The highest BCUT2D eigenvalue weighted by Crippen LogP contribution is 2.19. The van der Waals surface area contributed by atoms with Crippen molar-refractivity contribution in [2.45, 2.75) is 6.92 Å². The number of hydrogen-bond donors (Lipinski definition) is 0. The fourth-order valence-electron chi connectivity index (χ4n) is 3.73. The molecule has 4 rings (SSSR count). The monoisotopic (exact) mass is 414 g/mol. The van der Waals surface area contributed by atoms with E-state index in [4.69, 9.17) is 4.74 Å². The van der Waals surface area contributed by atoms with Crippen molar-refractivity contribution in [1.82, 2.24) is 4.90 Å². The van der Waals surface area contributed by atoms with Gasteiger partial charge in [-0.2, -0.15) is 0 Å². The second kappa shape index (κ2) is 9.47. The van der Waals surface area contributed by atoms with Gasteiger partial charge in [-0.05, 0) is 48.9 Å². The topological polar surface area (TPSA) is 49.9 Å². The smallest absolute Gasteiger partial charge is 0.260 e. The first-order valence-electron chi connectivity index (χ1n) is 10.5. The maximum absolute atomic E-state index is 12.6. The van der Waals surface area contributed by atoms with Crippen molar-refractivity contribution in [3.63, 3.8) is 0 Å². The summed E-state index contributed by atoms with van der Waals surface area (Å²) in [6, 6.07) is 24.5. The number of hydrogen-bond acceptors (Lipinski definition) is 4. The molecule has 0 aromatic heterocycles. The third-order valence-electron chi connectivity index (χ3n) is 5.51. The highest BCUT2D eigenvalue weighted by Gasteiger charge is 2.21. The van der Waals surface area contributed by atoms with Crippen LogP contribution in [-0.4, -0.2) is 49.4 Å². The van der Waals surface area contributed by atoms with Gasteiger partial charge >= 0.3 is 0 Å². The third kappa shape index (κ3) is 5.12. The number of amides is 1. The first-order chi connectivity index (χ1) is 15.1. The Hall–Kier alpha value is -3.60. The van der Waals surface area contributed by atoms with Gasteiger partial charge in [0.2, 0.25) is 0 Å². The van der Waals surface area contributed by atoms with Crippen molar-refractivity contribution in [2.75, 3.05) is 37.7 Å². The summed E-state index contributed by atoms with van der Waals surface area (Å²) in [5.74, 6) is 0.527. The van der Waals surface area contributed by atoms with Crippen LogP contribution in [0, 0.1) is 6.92 Å². The number of benzene rings is 3. The molecular weight excluding hydrogens is 388 g/mol. The molecule has 1 aliphatic rings. The molecule has 0 spiro atoms. The zero-order chi connectivity index (χ0) is 21.6. The van der Waals surface area contributed by atoms with E-state index in [-0.39, 0.29) is 18.3 Å². The second-order valence-electron chi connectivity index (χ2n) is 7.72. The van der Waals surface area contributed by atoms with Crippen LogP contribution in [0.15, 0.2) is 78.9 Å². The minimum absolute atomic E-state index is 0.00355. The summed E-state index contributed by atoms with van der Waals surface area (Å²) in [6.07, 6.45) is 0. The Morgan fingerprint density at radius 2 is 1.48 bits per heavy atom. The molecule has 0 radical (unpaired) electrons. The molecule has 1 fully saturated rings. The molecule has 1 aliphatic heterocycles. The highest BCUT2D eigenvalue weighted by atomic mass is 16.5. The minimum atomic E-state index is -0.0327. The molecule has 0 unspecified atom stereocenters. The van der Waals surface area contributed by atoms with E-state index < -0.39 is 0 Å². The fraction of sp³-hybridized carbons (Fsp3) is 0.231. The lowest BCUT2D eigenvalue weighted by Gasteiger charge is -2.36. The first kappa shape index (κ1) is 20.7. The number of aryl methyl sites for hydroxylation is 1. The van der Waals surface area contributed by atoms with Crippen molar-refractivity contribution in [3.05, 3.63) is 95.6 Å². The van der Waals surface area contributed by atoms with Crippen LogP contribution in [0.4, 0.5) is 5.69 Å². The van der Waals surface area contributed by atoms with Crippen LogP contribution < -0.4 is 9.64 Å². The number of carbonyl (C=O) groups excluding carboxylic acids is 2. The van der Waals surface area contributed by atoms with E-state index in [9.17, 15) is 9.59 Å². The number of carbonyl (C=O) groups is 2. The van der Waals surface area contributed by atoms with Gasteiger partial charge in [0.1, 0.15) is 5.75 Å². The van der Waals surface area contributed by atoms with Crippen molar-refractivity contribution < 1.29 is 14.3 Å². The first-order valence-corrected chi connectivity index (χ1v) is 10.5. The van der Waals surface area contributed by atoms with E-state index in [2.05, 4.69) is 36.1 Å². The minimum Gasteiger partial charge on any atom is -0.484 e. The fourth-order valence-corrected chi connectivity index (χ4v) is 3.73. The molecule has 0 saturated carbocycles. The predicted octanol–water partition coefficient (Wildman–Crippen LogP) is 3.95. The Morgan fingerprint density at radius 3 is 2.16 bits per heavy atom. The van der Waals surface area contributed by atoms with Gasteiger partial charge in [0.25, 0.3) is 5.91 Å². The summed E-state index contributed by atoms with van der Waals surface area (Å²) >= 11 is 0. The summed E-state index contributed by atoms with van der Waals surface area (Å²) in [5.41, 5.74) is 3.68. The van der Waals surface area contributed by atoms with E-state index in [0.29, 0.717) is 30.0 Å². The maximum Gasteiger partial charge on any atom is 0.260 e. The second-order valence-corrected chi connectivity index (χ2v) is 7.72. The number of anilines is 1. The van der Waals surface area contributed by atoms with Crippen LogP contribution in [0.5, 0.6) is 5.75 Å². The average Bonchev–Trinajstić information content (AvgIpc) is 2.83. The van der Waals surface area contributed by atoms with Crippen molar-refractivity contribution >= 4 is 17.4 Å². The maximum atomic E-state index is 12.6. The quantitative estimate of drug-likeness (QED) is 0.573. The Kier molecular flexibility index (Phi) is 6.32. The zero-order valence-corrected chi connectivity index (χ0v) is 17.7. The summed E-state index contributed by atoms with van der Waals surface area (Å²) < 4.78 is 5.67. The SMILES string of the molecule is Cc1cccc(N2CCN(C(=O)COc3ccc(C(=O)c4ccccc4)cc3)CC2)c1. The molecule has 3 aromatic rings. The molecule has 5 heteroatoms. The molecule has 31 heavy (non-hydrogen) atoms. The molecule has 1 saturated heterocycles. The van der Waals surface area contributed by atoms with Gasteiger partial charge in [-0.1, -0.05) is 42.5 Å². The third-order valence-corrected chi connectivity index (χ3v) is 5.51. The van der Waals surface area contributed by atoms with E-state index in [1.807, 2.05) is 23.1 Å². The average molecular weight is 415 g/mol. The Morgan fingerprint density at radius 1 is 0.806 bits per heavy atom. The summed E-state index contributed by atoms with van der Waals surface area (Å²) in [7, 11) is 0. The largest absolute Gasteiger partial charge is 0.484 e. The van der Waals surface area contributed by atoms with Crippen LogP contribution >= 0.6 is 0 Å². The summed E-state index contributed by atoms with van der Waals surface area (Å²) in [4.78, 5) is 29.2. The molecule has 158 valence electrons. The van der Waals surface area contributed by atoms with Crippen LogP contribution in [0.1, 0.15) is 21.5 Å². The van der Waals surface area contributed by atoms with Gasteiger partial charge in [0, 0.05) is 43.0 Å². The molecule has 3 aromatic carbocycles. The lowest BCUT2D eigenvalue weighted by Crippen LogP contribution is -2.50. The Labute approximate surface area is 182 Å². The molecular formula is C26H26N2O3. The standard InChI is InChI=1S/C26H26N2O3/c1-20-6-5-9-23(18-20)27-14-16-28(17-15-27)25(29)19-31-24-12-10-22(11-13-24)26(30)21-7-3-2-4-8-21/h2-13,18H,14-17,19H2,1H3. The Bertz CT molecular complexity index is 1040. The molecule has 0 aliphatic carbocycles. The number of ketones is 1. The van der Waals surface area contributed by atoms with Crippen LogP contribution in [0.2, 0.25) is 0 Å². The van der Waals surface area contributed by atoms with Gasteiger partial charge in [0.05, 0.1) is 0 Å². The summed E-state index contributed by atoms with van der Waals surface area (Å²) in [6.45, 7) is 5.07. The van der Waals surface area contributed by atoms with Crippen LogP contribution in [0.25, 0.3) is 0 Å². The molecule has 5 nitrogen and oxygen atoms in total. The van der Waals surface area contributed by atoms with E-state index >= 15 is 0 Å². The van der Waals surface area contributed by atoms with Gasteiger partial charge in [-0.15, -0.1) is 0 Å². The van der Waals surface area contributed by atoms with Crippen molar-refractivity contribution in [3.8, 4) is 5.75 Å². The van der Waals surface area contributed by atoms with Crippen LogP contribution in [0.3, 0.4) is 0 Å². The zero-order valence-electron chi connectivity index (χ0n) is 17.7. The lowest BCUT2D eigenvalue weighted by atomic mass is 10.0. The normalized spacial score (nSPS) is 13.7. The van der Waals surface area contributed by atoms with Gasteiger partial charge in [0.15, 0.2) is 12.4 Å². The number of piperazine rings is 1. The van der Waals surface area contributed by atoms with Crippen LogP contribution in [-0.2, 0) is 4.79 Å². The molecule has 0 N–H and O–H groups in total. The van der Waals surface area contributed by atoms with Crippen molar-refractivity contribution in [1.29, 1.82) is 0 Å². The molecule has 0 bridgehead atoms. The van der Waals surface area contributed by atoms with E-state index in [1.165, 1.54) is 11.3 Å². The molecule has 0 atom stereocenters.